The Hall–Kier alpha value is -1.29. The third-order valence-electron chi connectivity index (χ3n) is 1.59. The van der Waals surface area contributed by atoms with E-state index in [0.717, 1.165) is 4.47 Å². The van der Waals surface area contributed by atoms with Crippen LogP contribution in [0.25, 0.3) is 0 Å². The highest BCUT2D eigenvalue weighted by Crippen LogP contribution is 2.12. The standard InChI is InChI=1S/C11H11BrO3/c1-3-14-8(2)15-11(13)9-4-6-10(12)7-5-9/h4-7H,2-3H2,1H3. The molecule has 0 saturated heterocycles. The molecule has 0 N–H and O–H groups in total. The van der Waals surface area contributed by atoms with Gasteiger partial charge in [0, 0.05) is 4.47 Å². The van der Waals surface area contributed by atoms with Crippen LogP contribution in [0.15, 0.2) is 41.3 Å². The maximum absolute atomic E-state index is 11.5. The van der Waals surface area contributed by atoms with Crippen LogP contribution >= 0.6 is 15.9 Å². The van der Waals surface area contributed by atoms with E-state index in [0.29, 0.717) is 12.2 Å². The highest BCUT2D eigenvalue weighted by Gasteiger charge is 2.08. The van der Waals surface area contributed by atoms with Crippen LogP contribution in [0.5, 0.6) is 0 Å². The molecular weight excluding hydrogens is 260 g/mol. The second-order valence-corrected chi connectivity index (χ2v) is 3.62. The van der Waals surface area contributed by atoms with E-state index in [1.54, 1.807) is 31.2 Å². The number of benzene rings is 1. The first-order valence-electron chi connectivity index (χ1n) is 4.43. The van der Waals surface area contributed by atoms with Crippen molar-refractivity contribution in [1.82, 2.24) is 0 Å². The Bertz CT molecular complexity index is 357. The summed E-state index contributed by atoms with van der Waals surface area (Å²) >= 11 is 3.28. The molecule has 0 fully saturated rings. The van der Waals surface area contributed by atoms with Gasteiger partial charge < -0.3 is 9.47 Å². The first-order valence-corrected chi connectivity index (χ1v) is 5.22. The average molecular weight is 271 g/mol. The molecule has 0 radical (unpaired) electrons. The summed E-state index contributed by atoms with van der Waals surface area (Å²) < 4.78 is 10.7. The summed E-state index contributed by atoms with van der Waals surface area (Å²) in [6.07, 6.45) is 0. The summed E-state index contributed by atoms with van der Waals surface area (Å²) in [6, 6.07) is 6.84. The number of esters is 1. The Morgan fingerprint density at radius 1 is 1.40 bits per heavy atom. The van der Waals surface area contributed by atoms with Crippen LogP contribution < -0.4 is 0 Å². The minimum absolute atomic E-state index is 0.0189. The molecule has 0 aromatic heterocycles. The number of hydrogen-bond acceptors (Lipinski definition) is 3. The smallest absolute Gasteiger partial charge is 0.345 e. The van der Waals surface area contributed by atoms with Crippen LogP contribution in [0.2, 0.25) is 0 Å². The number of hydrogen-bond donors (Lipinski definition) is 0. The van der Waals surface area contributed by atoms with Gasteiger partial charge in [-0.1, -0.05) is 15.9 Å². The van der Waals surface area contributed by atoms with E-state index in [1.165, 1.54) is 0 Å². The molecule has 0 spiro atoms. The first-order chi connectivity index (χ1) is 7.13. The van der Waals surface area contributed by atoms with Gasteiger partial charge >= 0.3 is 5.97 Å². The topological polar surface area (TPSA) is 35.5 Å². The number of carbonyl (C=O) groups excluding carboxylic acids is 1. The fourth-order valence-electron chi connectivity index (χ4n) is 0.939. The van der Waals surface area contributed by atoms with E-state index in [9.17, 15) is 4.79 Å². The van der Waals surface area contributed by atoms with Crippen molar-refractivity contribution in [2.45, 2.75) is 6.92 Å². The zero-order chi connectivity index (χ0) is 11.3. The molecule has 0 aliphatic rings. The Morgan fingerprint density at radius 2 is 2.00 bits per heavy atom. The van der Waals surface area contributed by atoms with E-state index in [1.807, 2.05) is 0 Å². The van der Waals surface area contributed by atoms with Gasteiger partial charge in [-0.25, -0.2) is 4.79 Å². The summed E-state index contributed by atoms with van der Waals surface area (Å²) in [4.78, 5) is 11.5. The largest absolute Gasteiger partial charge is 0.466 e. The Morgan fingerprint density at radius 3 is 2.53 bits per heavy atom. The van der Waals surface area contributed by atoms with Crippen LogP contribution in [0, 0.1) is 0 Å². The van der Waals surface area contributed by atoms with Crippen molar-refractivity contribution in [3.05, 3.63) is 46.8 Å². The highest BCUT2D eigenvalue weighted by molar-refractivity contribution is 9.10. The van der Waals surface area contributed by atoms with Gasteiger partial charge in [0.25, 0.3) is 5.95 Å². The molecule has 1 rings (SSSR count). The molecule has 0 aliphatic carbocycles. The first kappa shape index (κ1) is 11.8. The summed E-state index contributed by atoms with van der Waals surface area (Å²) in [5.74, 6) is -0.452. The SMILES string of the molecule is C=C(OCC)OC(=O)c1ccc(Br)cc1. The molecule has 1 aromatic carbocycles. The molecule has 0 amide bonds. The average Bonchev–Trinajstić information content (AvgIpc) is 2.18. The normalized spacial score (nSPS) is 9.47. The Kier molecular flexibility index (Phi) is 4.37. The second-order valence-electron chi connectivity index (χ2n) is 2.70. The molecule has 0 atom stereocenters. The molecule has 0 heterocycles. The quantitative estimate of drug-likeness (QED) is 0.623. The highest BCUT2D eigenvalue weighted by atomic mass is 79.9. The van der Waals surface area contributed by atoms with Crippen molar-refractivity contribution < 1.29 is 14.3 Å². The Balaban J connectivity index is 2.61. The van der Waals surface area contributed by atoms with E-state index in [4.69, 9.17) is 9.47 Å². The minimum atomic E-state index is -0.471. The van der Waals surface area contributed by atoms with E-state index >= 15 is 0 Å². The van der Waals surface area contributed by atoms with Crippen LogP contribution in [-0.2, 0) is 9.47 Å². The van der Waals surface area contributed by atoms with Gasteiger partial charge in [0.1, 0.15) is 0 Å². The molecule has 3 nitrogen and oxygen atoms in total. The van der Waals surface area contributed by atoms with Gasteiger partial charge in [0.15, 0.2) is 0 Å². The van der Waals surface area contributed by atoms with Crippen LogP contribution in [0.4, 0.5) is 0 Å². The lowest BCUT2D eigenvalue weighted by Gasteiger charge is -2.06. The maximum atomic E-state index is 11.5. The lowest BCUT2D eigenvalue weighted by atomic mass is 10.2. The lowest BCUT2D eigenvalue weighted by Crippen LogP contribution is -2.06. The van der Waals surface area contributed by atoms with Gasteiger partial charge in [-0.3, -0.25) is 0 Å². The molecule has 0 saturated carbocycles. The van der Waals surface area contributed by atoms with Gasteiger partial charge in [0.05, 0.1) is 12.2 Å². The number of carbonyl (C=O) groups is 1. The van der Waals surface area contributed by atoms with E-state index in [-0.39, 0.29) is 5.95 Å². The minimum Gasteiger partial charge on any atom is -0.466 e. The summed E-state index contributed by atoms with van der Waals surface area (Å²) in [6.45, 7) is 5.67. The van der Waals surface area contributed by atoms with Crippen molar-refractivity contribution in [3.63, 3.8) is 0 Å². The molecular formula is C11H11BrO3. The Labute approximate surface area is 96.8 Å². The predicted molar refractivity (Wildman–Crippen MR) is 60.3 cm³/mol. The van der Waals surface area contributed by atoms with Crippen molar-refractivity contribution in [1.29, 1.82) is 0 Å². The monoisotopic (exact) mass is 270 g/mol. The number of ether oxygens (including phenoxy) is 2. The molecule has 0 unspecified atom stereocenters. The summed E-state index contributed by atoms with van der Waals surface area (Å²) in [5.41, 5.74) is 0.457. The third kappa shape index (κ3) is 3.75. The number of halogens is 1. The van der Waals surface area contributed by atoms with Crippen molar-refractivity contribution in [2.24, 2.45) is 0 Å². The summed E-state index contributed by atoms with van der Waals surface area (Å²) in [7, 11) is 0. The van der Waals surface area contributed by atoms with Gasteiger partial charge in [-0.05, 0) is 37.8 Å². The predicted octanol–water partition coefficient (Wildman–Crippen LogP) is 3.11. The van der Waals surface area contributed by atoms with Crippen molar-refractivity contribution >= 4 is 21.9 Å². The molecule has 80 valence electrons. The van der Waals surface area contributed by atoms with Gasteiger partial charge in [0.2, 0.25) is 0 Å². The zero-order valence-corrected chi connectivity index (χ0v) is 9.91. The van der Waals surface area contributed by atoms with Gasteiger partial charge in [-0.2, -0.15) is 0 Å². The fraction of sp³-hybridized carbons (Fsp3) is 0.182. The molecule has 4 heteroatoms. The van der Waals surface area contributed by atoms with E-state index in [2.05, 4.69) is 22.5 Å². The zero-order valence-electron chi connectivity index (χ0n) is 8.33. The lowest BCUT2D eigenvalue weighted by molar-refractivity contribution is 0.0292. The number of rotatable bonds is 4. The second kappa shape index (κ2) is 5.56. The fourth-order valence-corrected chi connectivity index (χ4v) is 1.20. The van der Waals surface area contributed by atoms with E-state index < -0.39 is 5.97 Å². The van der Waals surface area contributed by atoms with Crippen molar-refractivity contribution in [2.75, 3.05) is 6.61 Å². The molecule has 15 heavy (non-hydrogen) atoms. The molecule has 1 aromatic rings. The van der Waals surface area contributed by atoms with Gasteiger partial charge in [-0.15, -0.1) is 0 Å². The third-order valence-corrected chi connectivity index (χ3v) is 2.12. The van der Waals surface area contributed by atoms with Crippen LogP contribution in [-0.4, -0.2) is 12.6 Å². The maximum Gasteiger partial charge on any atom is 0.345 e. The molecule has 0 bridgehead atoms. The van der Waals surface area contributed by atoms with Crippen LogP contribution in [0.3, 0.4) is 0 Å². The van der Waals surface area contributed by atoms with Crippen molar-refractivity contribution in [3.8, 4) is 0 Å². The summed E-state index contributed by atoms with van der Waals surface area (Å²) in [5, 5.41) is 0. The molecule has 0 aliphatic heterocycles. The van der Waals surface area contributed by atoms with Crippen LogP contribution in [0.1, 0.15) is 17.3 Å².